The molecular formula is C8H4ClF5O. The highest BCUT2D eigenvalue weighted by Crippen LogP contribution is 2.36. The lowest BCUT2D eigenvalue weighted by molar-refractivity contribution is -0.140. The molecule has 1 nitrogen and oxygen atoms in total. The second-order valence-electron chi connectivity index (χ2n) is 2.67. The van der Waals surface area contributed by atoms with Crippen molar-refractivity contribution in [2.75, 3.05) is 0 Å². The van der Waals surface area contributed by atoms with E-state index in [-0.39, 0.29) is 6.07 Å². The van der Waals surface area contributed by atoms with Crippen LogP contribution in [0.25, 0.3) is 0 Å². The number of hydrogen-bond acceptors (Lipinski definition) is 1. The van der Waals surface area contributed by atoms with Crippen LogP contribution in [0.2, 0.25) is 5.02 Å². The molecule has 0 heterocycles. The molecule has 84 valence electrons. The first-order valence-electron chi connectivity index (χ1n) is 3.63. The van der Waals surface area contributed by atoms with Crippen molar-refractivity contribution in [3.05, 3.63) is 33.9 Å². The molecule has 0 saturated carbocycles. The second-order valence-corrected chi connectivity index (χ2v) is 3.08. The molecule has 1 aromatic rings. The minimum Gasteiger partial charge on any atom is -0.392 e. The normalized spacial score (nSPS) is 11.9. The van der Waals surface area contributed by atoms with Gasteiger partial charge in [-0.2, -0.15) is 13.2 Å². The quantitative estimate of drug-likeness (QED) is 0.596. The molecule has 0 radical (unpaired) electrons. The fourth-order valence-electron chi connectivity index (χ4n) is 0.984. The van der Waals surface area contributed by atoms with Gasteiger partial charge in [0.15, 0.2) is 11.6 Å². The molecule has 0 amide bonds. The Morgan fingerprint density at radius 2 is 1.73 bits per heavy atom. The van der Waals surface area contributed by atoms with Crippen molar-refractivity contribution in [3.63, 3.8) is 0 Å². The Kier molecular flexibility index (Phi) is 3.20. The van der Waals surface area contributed by atoms with E-state index < -0.39 is 40.6 Å². The predicted octanol–water partition coefficient (Wildman–Crippen LogP) is 3.13. The molecule has 0 spiro atoms. The zero-order chi connectivity index (χ0) is 11.8. The van der Waals surface area contributed by atoms with E-state index >= 15 is 0 Å². The van der Waals surface area contributed by atoms with Gasteiger partial charge in [-0.3, -0.25) is 0 Å². The van der Waals surface area contributed by atoms with Crippen molar-refractivity contribution in [3.8, 4) is 0 Å². The molecule has 1 aromatic carbocycles. The van der Waals surface area contributed by atoms with Crippen LogP contribution in [0.3, 0.4) is 0 Å². The molecule has 7 heteroatoms. The molecule has 0 aliphatic rings. The number of hydrogen-bond donors (Lipinski definition) is 1. The second kappa shape index (κ2) is 3.94. The van der Waals surface area contributed by atoms with Crippen molar-refractivity contribution < 1.29 is 27.1 Å². The summed E-state index contributed by atoms with van der Waals surface area (Å²) in [5.74, 6) is -3.84. The van der Waals surface area contributed by atoms with Crippen LogP contribution in [0.15, 0.2) is 6.07 Å². The third-order valence-electron chi connectivity index (χ3n) is 1.72. The van der Waals surface area contributed by atoms with Crippen molar-refractivity contribution in [1.29, 1.82) is 0 Å². The van der Waals surface area contributed by atoms with Crippen LogP contribution in [-0.4, -0.2) is 5.11 Å². The standard InChI is InChI=1S/C8H4ClF5O/c9-5-1-4(8(12,13)14)7(11)6(10)3(5)2-15/h1,15H,2H2. The predicted molar refractivity (Wildman–Crippen MR) is 42.3 cm³/mol. The van der Waals surface area contributed by atoms with Crippen LogP contribution < -0.4 is 0 Å². The Bertz CT molecular complexity index is 388. The summed E-state index contributed by atoms with van der Waals surface area (Å²) in [6, 6.07) is 0.242. The van der Waals surface area contributed by atoms with E-state index in [2.05, 4.69) is 0 Å². The van der Waals surface area contributed by atoms with Gasteiger partial charge >= 0.3 is 6.18 Å². The molecule has 15 heavy (non-hydrogen) atoms. The van der Waals surface area contributed by atoms with Gasteiger partial charge in [0.1, 0.15) is 0 Å². The molecule has 0 fully saturated rings. The van der Waals surface area contributed by atoms with Gasteiger partial charge in [0.05, 0.1) is 12.2 Å². The fraction of sp³-hybridized carbons (Fsp3) is 0.250. The summed E-state index contributed by atoms with van der Waals surface area (Å²) < 4.78 is 62.1. The van der Waals surface area contributed by atoms with Crippen LogP contribution in [-0.2, 0) is 12.8 Å². The smallest absolute Gasteiger partial charge is 0.392 e. The molecule has 0 atom stereocenters. The van der Waals surface area contributed by atoms with E-state index in [1.165, 1.54) is 0 Å². The number of rotatable bonds is 1. The summed E-state index contributed by atoms with van der Waals surface area (Å²) in [5.41, 5.74) is -2.48. The Balaban J connectivity index is 3.48. The lowest BCUT2D eigenvalue weighted by Gasteiger charge is -2.11. The maximum Gasteiger partial charge on any atom is 0.419 e. The van der Waals surface area contributed by atoms with Crippen LogP contribution in [0, 0.1) is 11.6 Å². The van der Waals surface area contributed by atoms with Crippen LogP contribution >= 0.6 is 11.6 Å². The molecule has 0 aliphatic heterocycles. The average molecular weight is 247 g/mol. The zero-order valence-electron chi connectivity index (χ0n) is 7.00. The minimum atomic E-state index is -5.03. The monoisotopic (exact) mass is 246 g/mol. The molecule has 1 rings (SSSR count). The van der Waals surface area contributed by atoms with E-state index in [0.29, 0.717) is 0 Å². The van der Waals surface area contributed by atoms with Crippen LogP contribution in [0.1, 0.15) is 11.1 Å². The largest absolute Gasteiger partial charge is 0.419 e. The van der Waals surface area contributed by atoms with Gasteiger partial charge in [0.2, 0.25) is 0 Å². The lowest BCUT2D eigenvalue weighted by Crippen LogP contribution is -2.11. The summed E-state index contributed by atoms with van der Waals surface area (Å²) >= 11 is 5.25. The highest BCUT2D eigenvalue weighted by Gasteiger charge is 2.36. The van der Waals surface area contributed by atoms with Gasteiger partial charge in [-0.25, -0.2) is 8.78 Å². The van der Waals surface area contributed by atoms with Crippen LogP contribution in [0.4, 0.5) is 22.0 Å². The molecule has 0 saturated heterocycles. The number of aliphatic hydroxyl groups is 1. The molecule has 0 bridgehead atoms. The van der Waals surface area contributed by atoms with Gasteiger partial charge in [0, 0.05) is 10.6 Å². The van der Waals surface area contributed by atoms with Gasteiger partial charge in [-0.05, 0) is 6.07 Å². The molecule has 0 aromatic heterocycles. The third-order valence-corrected chi connectivity index (χ3v) is 2.05. The highest BCUT2D eigenvalue weighted by molar-refractivity contribution is 6.31. The zero-order valence-corrected chi connectivity index (χ0v) is 7.76. The van der Waals surface area contributed by atoms with Crippen molar-refractivity contribution in [2.24, 2.45) is 0 Å². The molecule has 0 aliphatic carbocycles. The summed E-state index contributed by atoms with van der Waals surface area (Å²) in [6.45, 7) is -0.972. The number of benzene rings is 1. The first-order chi connectivity index (χ1) is 6.79. The fourth-order valence-corrected chi connectivity index (χ4v) is 1.24. The van der Waals surface area contributed by atoms with Gasteiger partial charge in [-0.1, -0.05) is 11.6 Å². The Morgan fingerprint density at radius 1 is 1.20 bits per heavy atom. The summed E-state index contributed by atoms with van der Waals surface area (Å²) in [7, 11) is 0. The topological polar surface area (TPSA) is 20.2 Å². The summed E-state index contributed by atoms with van der Waals surface area (Å²) in [6.07, 6.45) is -5.03. The SMILES string of the molecule is OCc1c(Cl)cc(C(F)(F)F)c(F)c1F. The van der Waals surface area contributed by atoms with E-state index in [1.54, 1.807) is 0 Å². The molecule has 0 unspecified atom stereocenters. The van der Waals surface area contributed by atoms with E-state index in [0.717, 1.165) is 0 Å². The Hall–Kier alpha value is -0.880. The first kappa shape index (κ1) is 12.2. The van der Waals surface area contributed by atoms with Gasteiger partial charge in [-0.15, -0.1) is 0 Å². The Labute approximate surface area is 86.1 Å². The lowest BCUT2D eigenvalue weighted by atomic mass is 10.1. The van der Waals surface area contributed by atoms with Gasteiger partial charge < -0.3 is 5.11 Å². The van der Waals surface area contributed by atoms with E-state index in [1.807, 2.05) is 0 Å². The van der Waals surface area contributed by atoms with Crippen molar-refractivity contribution >= 4 is 11.6 Å². The maximum absolute atomic E-state index is 12.9. The van der Waals surface area contributed by atoms with Gasteiger partial charge in [0.25, 0.3) is 0 Å². The number of aliphatic hydroxyl groups excluding tert-OH is 1. The highest BCUT2D eigenvalue weighted by atomic mass is 35.5. The number of alkyl halides is 3. The van der Waals surface area contributed by atoms with Crippen molar-refractivity contribution in [2.45, 2.75) is 12.8 Å². The molecular weight excluding hydrogens is 243 g/mol. The number of halogens is 6. The summed E-state index contributed by atoms with van der Waals surface area (Å²) in [5, 5.41) is 7.88. The van der Waals surface area contributed by atoms with E-state index in [9.17, 15) is 22.0 Å². The Morgan fingerprint density at radius 3 is 2.13 bits per heavy atom. The minimum absolute atomic E-state index is 0.242. The van der Waals surface area contributed by atoms with Crippen molar-refractivity contribution in [1.82, 2.24) is 0 Å². The summed E-state index contributed by atoms with van der Waals surface area (Å²) in [4.78, 5) is 0. The first-order valence-corrected chi connectivity index (χ1v) is 4.01. The van der Waals surface area contributed by atoms with Crippen LogP contribution in [0.5, 0.6) is 0 Å². The maximum atomic E-state index is 12.9. The molecule has 1 N–H and O–H groups in total. The van der Waals surface area contributed by atoms with E-state index in [4.69, 9.17) is 16.7 Å². The average Bonchev–Trinajstić information content (AvgIpc) is 2.10. The third kappa shape index (κ3) is 2.21.